The van der Waals surface area contributed by atoms with Gasteiger partial charge >= 0.3 is 0 Å². The zero-order valence-electron chi connectivity index (χ0n) is 9.47. The number of nitrogens with zero attached hydrogens (tertiary/aromatic N) is 2. The van der Waals surface area contributed by atoms with Crippen LogP contribution in [0.1, 0.15) is 11.3 Å². The lowest BCUT2D eigenvalue weighted by atomic mass is 10.1. The number of aryl methyl sites for hydroxylation is 1. The zero-order chi connectivity index (χ0) is 11.5. The van der Waals surface area contributed by atoms with Crippen molar-refractivity contribution in [3.63, 3.8) is 0 Å². The smallest absolute Gasteiger partial charge is 0.121 e. The molecule has 0 atom stereocenters. The van der Waals surface area contributed by atoms with Gasteiger partial charge in [0.05, 0.1) is 12.8 Å². The number of ether oxygens (including phenoxy) is 1. The van der Waals surface area contributed by atoms with E-state index in [1.165, 1.54) is 0 Å². The number of hydrogen-bond donors (Lipinski definition) is 1. The first-order chi connectivity index (χ1) is 7.69. The average molecular weight is 217 g/mol. The highest BCUT2D eigenvalue weighted by Gasteiger charge is 2.03. The Morgan fingerprint density at radius 2 is 2.19 bits per heavy atom. The van der Waals surface area contributed by atoms with Gasteiger partial charge in [0, 0.05) is 19.5 Å². The molecule has 0 spiro atoms. The maximum atomic E-state index is 5.73. The first kappa shape index (κ1) is 10.5. The van der Waals surface area contributed by atoms with Gasteiger partial charge in [-0.05, 0) is 17.7 Å². The van der Waals surface area contributed by atoms with Crippen molar-refractivity contribution in [3.8, 4) is 5.75 Å². The molecule has 2 rings (SSSR count). The average Bonchev–Trinajstić information content (AvgIpc) is 2.58. The van der Waals surface area contributed by atoms with Crippen molar-refractivity contribution in [2.24, 2.45) is 7.05 Å². The minimum absolute atomic E-state index is 0.679. The van der Waals surface area contributed by atoms with E-state index in [1.54, 1.807) is 11.8 Å². The summed E-state index contributed by atoms with van der Waals surface area (Å²) in [6.07, 6.45) is 0.766. The Morgan fingerprint density at radius 1 is 1.38 bits per heavy atom. The summed E-state index contributed by atoms with van der Waals surface area (Å²) in [6.45, 7) is 0. The fraction of sp³-hybridized carbons (Fsp3) is 0.250. The molecule has 4 nitrogen and oxygen atoms in total. The molecule has 0 aliphatic carbocycles. The SMILES string of the molecule is COc1cccc(Cc2cc(N)n(C)n2)c1. The first-order valence-electron chi connectivity index (χ1n) is 5.10. The third-order valence-corrected chi connectivity index (χ3v) is 2.49. The molecule has 4 heteroatoms. The van der Waals surface area contributed by atoms with Crippen LogP contribution in [-0.2, 0) is 13.5 Å². The summed E-state index contributed by atoms with van der Waals surface area (Å²) in [6, 6.07) is 9.84. The van der Waals surface area contributed by atoms with Crippen molar-refractivity contribution in [1.82, 2.24) is 9.78 Å². The highest BCUT2D eigenvalue weighted by Crippen LogP contribution is 2.16. The van der Waals surface area contributed by atoms with E-state index in [1.807, 2.05) is 37.4 Å². The molecule has 84 valence electrons. The molecule has 0 amide bonds. The molecule has 0 bridgehead atoms. The molecular formula is C12H15N3O. The maximum Gasteiger partial charge on any atom is 0.121 e. The normalized spacial score (nSPS) is 10.4. The van der Waals surface area contributed by atoms with Crippen molar-refractivity contribution in [2.75, 3.05) is 12.8 Å². The molecule has 0 saturated carbocycles. The minimum atomic E-state index is 0.679. The number of anilines is 1. The van der Waals surface area contributed by atoms with Gasteiger partial charge in [0.1, 0.15) is 11.6 Å². The summed E-state index contributed by atoms with van der Waals surface area (Å²) in [7, 11) is 3.50. The lowest BCUT2D eigenvalue weighted by Crippen LogP contribution is -1.97. The second kappa shape index (κ2) is 4.26. The van der Waals surface area contributed by atoms with E-state index in [9.17, 15) is 0 Å². The molecule has 16 heavy (non-hydrogen) atoms. The third kappa shape index (κ3) is 2.16. The lowest BCUT2D eigenvalue weighted by molar-refractivity contribution is 0.414. The van der Waals surface area contributed by atoms with Crippen LogP contribution in [0, 0.1) is 0 Å². The fourth-order valence-corrected chi connectivity index (χ4v) is 1.62. The molecule has 1 aromatic heterocycles. The van der Waals surface area contributed by atoms with Crippen molar-refractivity contribution < 1.29 is 4.74 Å². The van der Waals surface area contributed by atoms with E-state index < -0.39 is 0 Å². The van der Waals surface area contributed by atoms with E-state index in [0.29, 0.717) is 5.82 Å². The van der Waals surface area contributed by atoms with Crippen LogP contribution in [0.5, 0.6) is 5.75 Å². The number of benzene rings is 1. The van der Waals surface area contributed by atoms with Crippen LogP contribution in [-0.4, -0.2) is 16.9 Å². The van der Waals surface area contributed by atoms with E-state index in [4.69, 9.17) is 10.5 Å². The van der Waals surface area contributed by atoms with Gasteiger partial charge in [-0.1, -0.05) is 12.1 Å². The van der Waals surface area contributed by atoms with Gasteiger partial charge in [0.2, 0.25) is 0 Å². The summed E-state index contributed by atoms with van der Waals surface area (Å²) in [5, 5.41) is 4.31. The largest absolute Gasteiger partial charge is 0.497 e. The molecule has 2 aromatic rings. The van der Waals surface area contributed by atoms with Crippen LogP contribution in [0.4, 0.5) is 5.82 Å². The summed E-state index contributed by atoms with van der Waals surface area (Å²) in [5.41, 5.74) is 7.86. The number of nitrogen functional groups attached to an aromatic ring is 1. The van der Waals surface area contributed by atoms with Gasteiger partial charge in [-0.2, -0.15) is 5.10 Å². The predicted octanol–water partition coefficient (Wildman–Crippen LogP) is 1.60. The number of hydrogen-bond acceptors (Lipinski definition) is 3. The zero-order valence-corrected chi connectivity index (χ0v) is 9.47. The van der Waals surface area contributed by atoms with Crippen LogP contribution >= 0.6 is 0 Å². The molecule has 0 unspecified atom stereocenters. The fourth-order valence-electron chi connectivity index (χ4n) is 1.62. The van der Waals surface area contributed by atoms with Crippen LogP contribution in [0.3, 0.4) is 0 Å². The Hall–Kier alpha value is -1.97. The predicted molar refractivity (Wildman–Crippen MR) is 63.4 cm³/mol. The summed E-state index contributed by atoms with van der Waals surface area (Å²) < 4.78 is 6.85. The molecule has 1 aromatic carbocycles. The Morgan fingerprint density at radius 3 is 2.81 bits per heavy atom. The Kier molecular flexibility index (Phi) is 2.81. The summed E-state index contributed by atoms with van der Waals surface area (Å²) in [4.78, 5) is 0. The van der Waals surface area contributed by atoms with Crippen molar-refractivity contribution in [3.05, 3.63) is 41.6 Å². The van der Waals surface area contributed by atoms with Gasteiger partial charge in [-0.15, -0.1) is 0 Å². The van der Waals surface area contributed by atoms with Gasteiger partial charge in [0.25, 0.3) is 0 Å². The number of nitrogens with two attached hydrogens (primary N) is 1. The lowest BCUT2D eigenvalue weighted by Gasteiger charge is -2.02. The monoisotopic (exact) mass is 217 g/mol. The second-order valence-electron chi connectivity index (χ2n) is 3.71. The first-order valence-corrected chi connectivity index (χ1v) is 5.10. The van der Waals surface area contributed by atoms with E-state index >= 15 is 0 Å². The third-order valence-electron chi connectivity index (χ3n) is 2.49. The molecular weight excluding hydrogens is 202 g/mol. The molecule has 0 radical (unpaired) electrons. The van der Waals surface area contributed by atoms with Crippen LogP contribution < -0.4 is 10.5 Å². The number of rotatable bonds is 3. The van der Waals surface area contributed by atoms with Gasteiger partial charge in [-0.3, -0.25) is 4.68 Å². The van der Waals surface area contributed by atoms with Gasteiger partial charge in [0.15, 0.2) is 0 Å². The van der Waals surface area contributed by atoms with Gasteiger partial charge < -0.3 is 10.5 Å². The Balaban J connectivity index is 2.20. The Bertz CT molecular complexity index is 471. The van der Waals surface area contributed by atoms with Gasteiger partial charge in [-0.25, -0.2) is 0 Å². The molecule has 0 aliphatic rings. The highest BCUT2D eigenvalue weighted by atomic mass is 16.5. The van der Waals surface area contributed by atoms with Crippen LogP contribution in [0.15, 0.2) is 30.3 Å². The Labute approximate surface area is 94.6 Å². The van der Waals surface area contributed by atoms with Crippen LogP contribution in [0.2, 0.25) is 0 Å². The topological polar surface area (TPSA) is 53.1 Å². The molecule has 0 saturated heterocycles. The standard InChI is InChI=1S/C12H15N3O/c1-15-12(13)8-10(14-15)6-9-4-3-5-11(7-9)16-2/h3-5,7-8H,6,13H2,1-2H3. The number of methoxy groups -OCH3 is 1. The van der Waals surface area contributed by atoms with E-state index in [0.717, 1.165) is 23.4 Å². The number of aromatic nitrogens is 2. The molecule has 0 aliphatic heterocycles. The quantitative estimate of drug-likeness (QED) is 0.849. The van der Waals surface area contributed by atoms with E-state index in [-0.39, 0.29) is 0 Å². The van der Waals surface area contributed by atoms with Crippen LogP contribution in [0.25, 0.3) is 0 Å². The van der Waals surface area contributed by atoms with E-state index in [2.05, 4.69) is 5.10 Å². The minimum Gasteiger partial charge on any atom is -0.497 e. The highest BCUT2D eigenvalue weighted by molar-refractivity contribution is 5.35. The second-order valence-corrected chi connectivity index (χ2v) is 3.71. The summed E-state index contributed by atoms with van der Waals surface area (Å²) >= 11 is 0. The van der Waals surface area contributed by atoms with Crippen molar-refractivity contribution in [2.45, 2.75) is 6.42 Å². The molecule has 1 heterocycles. The van der Waals surface area contributed by atoms with Crippen molar-refractivity contribution >= 4 is 5.82 Å². The van der Waals surface area contributed by atoms with Crippen molar-refractivity contribution in [1.29, 1.82) is 0 Å². The molecule has 0 fully saturated rings. The molecule has 2 N–H and O–H groups in total. The summed E-state index contributed by atoms with van der Waals surface area (Å²) in [5.74, 6) is 1.54. The maximum absolute atomic E-state index is 5.73.